The van der Waals surface area contributed by atoms with Crippen LogP contribution in [0.3, 0.4) is 0 Å². The number of rotatable bonds is 4. The largest absolute Gasteiger partial charge is 0.355 e. The van der Waals surface area contributed by atoms with E-state index in [1.807, 2.05) is 43.3 Å². The first kappa shape index (κ1) is 16.2. The van der Waals surface area contributed by atoms with Crippen LogP contribution in [0.4, 0.5) is 0 Å². The number of hydrogen-bond acceptors (Lipinski definition) is 2. The van der Waals surface area contributed by atoms with Crippen LogP contribution < -0.4 is 10.6 Å². The zero-order valence-electron chi connectivity index (χ0n) is 14.0. The fourth-order valence-corrected chi connectivity index (χ4v) is 3.14. The smallest absolute Gasteiger partial charge is 0.235 e. The van der Waals surface area contributed by atoms with Crippen molar-refractivity contribution in [3.63, 3.8) is 0 Å². The summed E-state index contributed by atoms with van der Waals surface area (Å²) in [5.74, 6) is -0.406. The van der Waals surface area contributed by atoms with Crippen LogP contribution in [0, 0.1) is 5.41 Å². The van der Waals surface area contributed by atoms with Gasteiger partial charge in [0.1, 0.15) is 5.41 Å². The quantitative estimate of drug-likeness (QED) is 0.850. The van der Waals surface area contributed by atoms with Crippen molar-refractivity contribution in [3.05, 3.63) is 60.2 Å². The second-order valence-electron chi connectivity index (χ2n) is 6.49. The molecule has 0 aromatic heterocycles. The van der Waals surface area contributed by atoms with Gasteiger partial charge in [0.2, 0.25) is 11.8 Å². The Hall–Kier alpha value is -2.62. The van der Waals surface area contributed by atoms with Gasteiger partial charge in [0.15, 0.2) is 0 Å². The van der Waals surface area contributed by atoms with Crippen LogP contribution in [-0.2, 0) is 9.59 Å². The van der Waals surface area contributed by atoms with E-state index in [0.717, 1.165) is 16.7 Å². The van der Waals surface area contributed by atoms with Gasteiger partial charge in [0.05, 0.1) is 6.04 Å². The van der Waals surface area contributed by atoms with E-state index in [0.29, 0.717) is 13.0 Å². The molecule has 2 aromatic rings. The Kier molecular flexibility index (Phi) is 4.38. The monoisotopic (exact) mass is 322 g/mol. The fraction of sp³-hybridized carbons (Fsp3) is 0.300. The van der Waals surface area contributed by atoms with Crippen molar-refractivity contribution in [2.75, 3.05) is 6.54 Å². The minimum atomic E-state index is -0.976. The van der Waals surface area contributed by atoms with Crippen LogP contribution in [0.15, 0.2) is 54.6 Å². The molecule has 2 unspecified atom stereocenters. The van der Waals surface area contributed by atoms with Gasteiger partial charge in [-0.05, 0) is 37.0 Å². The summed E-state index contributed by atoms with van der Waals surface area (Å²) in [5.41, 5.74) is 2.26. The average Bonchev–Trinajstić information content (AvgIpc) is 2.96. The Balaban J connectivity index is 1.85. The van der Waals surface area contributed by atoms with Crippen molar-refractivity contribution in [1.29, 1.82) is 0 Å². The zero-order valence-corrected chi connectivity index (χ0v) is 14.0. The molecule has 2 N–H and O–H groups in total. The first-order valence-electron chi connectivity index (χ1n) is 8.26. The van der Waals surface area contributed by atoms with Gasteiger partial charge in [-0.3, -0.25) is 9.59 Å². The van der Waals surface area contributed by atoms with E-state index in [4.69, 9.17) is 0 Å². The van der Waals surface area contributed by atoms with E-state index >= 15 is 0 Å². The van der Waals surface area contributed by atoms with Gasteiger partial charge in [0.25, 0.3) is 0 Å². The minimum absolute atomic E-state index is 0.181. The van der Waals surface area contributed by atoms with Crippen LogP contribution in [0.2, 0.25) is 0 Å². The number of amides is 2. The summed E-state index contributed by atoms with van der Waals surface area (Å²) in [6.45, 7) is 4.22. The first-order valence-corrected chi connectivity index (χ1v) is 8.26. The molecule has 1 heterocycles. The van der Waals surface area contributed by atoms with Crippen LogP contribution >= 0.6 is 0 Å². The van der Waals surface area contributed by atoms with Gasteiger partial charge < -0.3 is 10.6 Å². The molecule has 0 spiro atoms. The highest BCUT2D eigenvalue weighted by Crippen LogP contribution is 2.30. The molecule has 124 valence electrons. The summed E-state index contributed by atoms with van der Waals surface area (Å²) in [4.78, 5) is 24.6. The summed E-state index contributed by atoms with van der Waals surface area (Å²) in [6, 6.07) is 17.9. The van der Waals surface area contributed by atoms with Crippen LogP contribution in [0.5, 0.6) is 0 Å². The number of hydrogen-bond donors (Lipinski definition) is 2. The lowest BCUT2D eigenvalue weighted by Gasteiger charge is -2.24. The molecule has 2 atom stereocenters. The lowest BCUT2D eigenvalue weighted by Crippen LogP contribution is -2.44. The normalized spacial score (nSPS) is 21.2. The maximum Gasteiger partial charge on any atom is 0.235 e. The lowest BCUT2D eigenvalue weighted by atomic mass is 9.87. The highest BCUT2D eigenvalue weighted by molar-refractivity contribution is 6.06. The van der Waals surface area contributed by atoms with Gasteiger partial charge in [-0.2, -0.15) is 0 Å². The van der Waals surface area contributed by atoms with Gasteiger partial charge >= 0.3 is 0 Å². The third kappa shape index (κ3) is 2.92. The minimum Gasteiger partial charge on any atom is -0.355 e. The number of benzene rings is 2. The molecule has 0 aliphatic carbocycles. The molecular weight excluding hydrogens is 300 g/mol. The van der Waals surface area contributed by atoms with Gasteiger partial charge in [0, 0.05) is 6.54 Å². The van der Waals surface area contributed by atoms with Crippen molar-refractivity contribution in [3.8, 4) is 11.1 Å². The summed E-state index contributed by atoms with van der Waals surface area (Å²) in [6.07, 6.45) is 0.532. The van der Waals surface area contributed by atoms with Crippen molar-refractivity contribution in [1.82, 2.24) is 10.6 Å². The molecule has 24 heavy (non-hydrogen) atoms. The third-order valence-electron chi connectivity index (χ3n) is 4.77. The molecule has 1 aliphatic heterocycles. The SMILES string of the molecule is CC(NC(=O)C1(C)CCNC1=O)c1ccccc1-c1ccccc1. The van der Waals surface area contributed by atoms with Crippen molar-refractivity contribution < 1.29 is 9.59 Å². The Labute approximate surface area is 142 Å². The second-order valence-corrected chi connectivity index (χ2v) is 6.49. The molecule has 3 rings (SSSR count). The highest BCUT2D eigenvalue weighted by Gasteiger charge is 2.44. The first-order chi connectivity index (χ1) is 11.5. The highest BCUT2D eigenvalue weighted by atomic mass is 16.2. The number of carbonyl (C=O) groups is 2. The Bertz CT molecular complexity index is 757. The molecule has 0 radical (unpaired) electrons. The summed E-state index contributed by atoms with van der Waals surface area (Å²) >= 11 is 0. The second kappa shape index (κ2) is 6.48. The van der Waals surface area contributed by atoms with Crippen LogP contribution in [0.25, 0.3) is 11.1 Å². The molecule has 2 aromatic carbocycles. The zero-order chi connectivity index (χ0) is 17.2. The predicted molar refractivity (Wildman–Crippen MR) is 94.2 cm³/mol. The molecule has 1 saturated heterocycles. The maximum atomic E-state index is 12.6. The van der Waals surface area contributed by atoms with Gasteiger partial charge in [-0.15, -0.1) is 0 Å². The molecule has 0 bridgehead atoms. The Morgan fingerprint density at radius 3 is 2.46 bits per heavy atom. The van der Waals surface area contributed by atoms with E-state index in [9.17, 15) is 9.59 Å². The van der Waals surface area contributed by atoms with E-state index in [1.54, 1.807) is 6.92 Å². The molecule has 1 fully saturated rings. The fourth-order valence-electron chi connectivity index (χ4n) is 3.14. The van der Waals surface area contributed by atoms with E-state index in [1.165, 1.54) is 0 Å². The molecule has 2 amide bonds. The lowest BCUT2D eigenvalue weighted by molar-refractivity contribution is -0.140. The van der Waals surface area contributed by atoms with E-state index in [-0.39, 0.29) is 17.9 Å². The van der Waals surface area contributed by atoms with Gasteiger partial charge in [-0.25, -0.2) is 0 Å². The molecule has 1 aliphatic rings. The van der Waals surface area contributed by atoms with Crippen molar-refractivity contribution >= 4 is 11.8 Å². The molecule has 4 heteroatoms. The maximum absolute atomic E-state index is 12.6. The Morgan fingerprint density at radius 2 is 1.79 bits per heavy atom. The van der Waals surface area contributed by atoms with Crippen LogP contribution in [0.1, 0.15) is 31.9 Å². The molecule has 0 saturated carbocycles. The molecular formula is C20H22N2O2. The number of nitrogens with one attached hydrogen (secondary N) is 2. The third-order valence-corrected chi connectivity index (χ3v) is 4.77. The molecule has 4 nitrogen and oxygen atoms in total. The number of carbonyl (C=O) groups excluding carboxylic acids is 2. The van der Waals surface area contributed by atoms with Crippen molar-refractivity contribution in [2.24, 2.45) is 5.41 Å². The standard InChI is InChI=1S/C20H22N2O2/c1-14(22-19(24)20(2)12-13-21-18(20)23)16-10-6-7-11-17(16)15-8-4-3-5-9-15/h3-11,14H,12-13H2,1-2H3,(H,21,23)(H,22,24). The summed E-state index contributed by atoms with van der Waals surface area (Å²) in [5, 5.41) is 5.76. The predicted octanol–water partition coefficient (Wildman–Crippen LogP) is 3.06. The topological polar surface area (TPSA) is 58.2 Å². The average molecular weight is 322 g/mol. The van der Waals surface area contributed by atoms with Crippen molar-refractivity contribution in [2.45, 2.75) is 26.3 Å². The van der Waals surface area contributed by atoms with E-state index in [2.05, 4.69) is 28.8 Å². The van der Waals surface area contributed by atoms with E-state index < -0.39 is 5.41 Å². The summed E-state index contributed by atoms with van der Waals surface area (Å²) < 4.78 is 0. The van der Waals surface area contributed by atoms with Gasteiger partial charge in [-0.1, -0.05) is 54.6 Å². The Morgan fingerprint density at radius 1 is 1.12 bits per heavy atom. The summed E-state index contributed by atoms with van der Waals surface area (Å²) in [7, 11) is 0. The van der Waals surface area contributed by atoms with Crippen LogP contribution in [-0.4, -0.2) is 18.4 Å².